The van der Waals surface area contributed by atoms with Gasteiger partial charge >= 0.3 is 18.0 Å². The van der Waals surface area contributed by atoms with Crippen LogP contribution in [-0.4, -0.2) is 81.6 Å². The third kappa shape index (κ3) is 13.3. The fourth-order valence-electron chi connectivity index (χ4n) is 7.00. The minimum Gasteiger partial charge on any atom is -0.489 e. The van der Waals surface area contributed by atoms with Crippen molar-refractivity contribution < 1.29 is 58.0 Å². The minimum absolute atomic E-state index is 0.00915. The first-order valence-corrected chi connectivity index (χ1v) is 21.2. The van der Waals surface area contributed by atoms with Crippen molar-refractivity contribution in [3.63, 3.8) is 0 Å². The maximum Gasteiger partial charge on any atom is 0.410 e. The summed E-state index contributed by atoms with van der Waals surface area (Å²) in [7, 11) is 3.15. The number of hydrogen-bond acceptors (Lipinski definition) is 10. The van der Waals surface area contributed by atoms with Gasteiger partial charge in [-0.1, -0.05) is 60.7 Å². The Bertz CT molecular complexity index is 2990. The van der Waals surface area contributed by atoms with Crippen LogP contribution in [-0.2, 0) is 35.8 Å². The Morgan fingerprint density at radius 3 is 1.48 bits per heavy atom. The number of aromatic carboxylic acids is 2. The Morgan fingerprint density at radius 2 is 0.928 bits per heavy atom. The van der Waals surface area contributed by atoms with E-state index in [2.05, 4.69) is 16.0 Å². The molecule has 0 atom stereocenters. The average Bonchev–Trinajstić information content (AvgIpc) is 3.32. The highest BCUT2D eigenvalue weighted by molar-refractivity contribution is 6.13. The molecule has 0 aliphatic heterocycles. The summed E-state index contributed by atoms with van der Waals surface area (Å²) in [6, 6.07) is 34.6. The lowest BCUT2D eigenvalue weighted by Gasteiger charge is -2.18. The molecule has 6 rings (SSSR count). The van der Waals surface area contributed by atoms with Gasteiger partial charge in [-0.25, -0.2) is 14.4 Å². The summed E-state index contributed by atoms with van der Waals surface area (Å²) in [6.07, 6.45) is -0.728. The van der Waals surface area contributed by atoms with Gasteiger partial charge in [-0.2, -0.15) is 0 Å². The Hall–Kier alpha value is -9.12. The molecule has 0 heterocycles. The lowest BCUT2D eigenvalue weighted by molar-refractivity contribution is -0.128. The summed E-state index contributed by atoms with van der Waals surface area (Å²) in [5, 5.41) is 27.5. The van der Waals surface area contributed by atoms with Gasteiger partial charge in [0, 0.05) is 62.8 Å². The molecule has 0 saturated carbocycles. The largest absolute Gasteiger partial charge is 0.489 e. The molecule has 0 unspecified atom stereocenters. The lowest BCUT2D eigenvalue weighted by Crippen LogP contribution is -2.27. The Balaban J connectivity index is 1.06. The van der Waals surface area contributed by atoms with E-state index in [0.717, 1.165) is 5.56 Å². The number of carbonyl (C=O) groups excluding carboxylic acids is 6. The van der Waals surface area contributed by atoms with Crippen molar-refractivity contribution in [3.05, 3.63) is 189 Å². The fourth-order valence-corrected chi connectivity index (χ4v) is 7.00. The molecule has 5 N–H and O–H groups in total. The number of carboxylic acid groups (broad SMARTS) is 2. The van der Waals surface area contributed by atoms with Crippen molar-refractivity contribution in [1.82, 2.24) is 9.80 Å². The maximum atomic E-state index is 13.7. The molecule has 5 amide bonds. The van der Waals surface area contributed by atoms with Gasteiger partial charge < -0.3 is 45.4 Å². The summed E-state index contributed by atoms with van der Waals surface area (Å²) in [4.78, 5) is 104. The number of rotatable bonds is 18. The number of nitrogens with zero attached hydrogens (tertiary/aromatic N) is 2. The summed E-state index contributed by atoms with van der Waals surface area (Å²) < 4.78 is 11.5. The molecule has 0 bridgehead atoms. The summed E-state index contributed by atoms with van der Waals surface area (Å²) >= 11 is 0. The van der Waals surface area contributed by atoms with Crippen LogP contribution < -0.4 is 20.7 Å². The van der Waals surface area contributed by atoms with Gasteiger partial charge in [0.1, 0.15) is 19.0 Å². The van der Waals surface area contributed by atoms with Crippen LogP contribution in [0.2, 0.25) is 0 Å². The standard InChI is InChI=1S/C52H47N5O12/c1-31(58)41-20-18-35(29-68-40-15-9-14-39(26-40)55-47(60)42-16-5-6-17-43(42)50(63)64)24-45(41)48(61)53-38-13-8-11-34(23-38)28-57(4)52(67)69-30-36-19-21-44(51(65)66)46(25-36)49(62)54-37-12-7-10-33(22-37)27-56(3)32(2)59/h5-26H,27-30H2,1-4H3,(H,53,61)(H,54,62)(H,55,60)(H,63,64)(H,65,66). The molecule has 6 aromatic rings. The highest BCUT2D eigenvalue weighted by Crippen LogP contribution is 2.24. The zero-order valence-electron chi connectivity index (χ0n) is 37.9. The first-order valence-electron chi connectivity index (χ1n) is 21.2. The lowest BCUT2D eigenvalue weighted by atomic mass is 10.0. The van der Waals surface area contributed by atoms with E-state index in [1.807, 2.05) is 0 Å². The SMILES string of the molecule is CC(=O)c1ccc(COc2cccc(NC(=O)c3ccccc3C(=O)O)c2)cc1C(=O)Nc1cccc(CN(C)C(=O)OCc2ccc(C(=O)O)c(C(=O)Nc3cccc(CN(C)C(C)=O)c3)c2)c1. The quantitative estimate of drug-likeness (QED) is 0.0511. The molecule has 0 saturated heterocycles. The zero-order valence-corrected chi connectivity index (χ0v) is 37.9. The van der Waals surface area contributed by atoms with Gasteiger partial charge in [0.2, 0.25) is 5.91 Å². The van der Waals surface area contributed by atoms with E-state index in [1.54, 1.807) is 92.0 Å². The summed E-state index contributed by atoms with van der Waals surface area (Å²) in [5.41, 5.74) is 3.09. The van der Waals surface area contributed by atoms with E-state index in [0.29, 0.717) is 46.0 Å². The first-order chi connectivity index (χ1) is 32.9. The minimum atomic E-state index is -1.33. The number of hydrogen-bond donors (Lipinski definition) is 5. The highest BCUT2D eigenvalue weighted by Gasteiger charge is 2.21. The normalized spacial score (nSPS) is 10.6. The molecule has 17 nitrogen and oxygen atoms in total. The number of carbonyl (C=O) groups is 8. The van der Waals surface area contributed by atoms with Crippen LogP contribution in [0.5, 0.6) is 5.75 Å². The predicted molar refractivity (Wildman–Crippen MR) is 255 cm³/mol. The van der Waals surface area contributed by atoms with Gasteiger partial charge in [0.25, 0.3) is 17.7 Å². The van der Waals surface area contributed by atoms with Gasteiger partial charge in [0.05, 0.1) is 27.8 Å². The number of carboxylic acids is 2. The summed E-state index contributed by atoms with van der Waals surface area (Å²) in [6.45, 7) is 2.84. The van der Waals surface area contributed by atoms with Crippen LogP contribution in [0.1, 0.15) is 98.2 Å². The molecule has 0 aliphatic rings. The molecular formula is C52H47N5O12. The van der Waals surface area contributed by atoms with Crippen molar-refractivity contribution in [2.45, 2.75) is 40.2 Å². The van der Waals surface area contributed by atoms with Gasteiger partial charge in [-0.3, -0.25) is 24.0 Å². The molecule has 17 heteroatoms. The first kappa shape index (κ1) is 49.3. The number of ether oxygens (including phenoxy) is 2. The van der Waals surface area contributed by atoms with Crippen molar-refractivity contribution in [3.8, 4) is 5.75 Å². The number of benzene rings is 6. The third-order valence-corrected chi connectivity index (χ3v) is 10.6. The highest BCUT2D eigenvalue weighted by atomic mass is 16.6. The second kappa shape index (κ2) is 22.4. The van der Waals surface area contributed by atoms with Gasteiger partial charge in [-0.15, -0.1) is 0 Å². The number of nitrogens with one attached hydrogen (secondary N) is 3. The molecule has 352 valence electrons. The second-order valence-electron chi connectivity index (χ2n) is 15.8. The average molecular weight is 934 g/mol. The molecule has 0 aromatic heterocycles. The Kier molecular flexibility index (Phi) is 16.0. The van der Waals surface area contributed by atoms with Crippen molar-refractivity contribution in [2.24, 2.45) is 0 Å². The van der Waals surface area contributed by atoms with Crippen molar-refractivity contribution in [1.29, 1.82) is 0 Å². The van der Waals surface area contributed by atoms with E-state index in [1.165, 1.54) is 79.2 Å². The van der Waals surface area contributed by atoms with Crippen LogP contribution in [0.4, 0.5) is 21.9 Å². The number of ketones is 1. The van der Waals surface area contributed by atoms with Crippen LogP contribution in [0.3, 0.4) is 0 Å². The van der Waals surface area contributed by atoms with Crippen molar-refractivity contribution >= 4 is 64.5 Å². The van der Waals surface area contributed by atoms with E-state index in [-0.39, 0.29) is 64.8 Å². The van der Waals surface area contributed by atoms with Crippen molar-refractivity contribution in [2.75, 3.05) is 30.0 Å². The van der Waals surface area contributed by atoms with Crippen LogP contribution in [0, 0.1) is 0 Å². The summed E-state index contributed by atoms with van der Waals surface area (Å²) in [5.74, 6) is -4.57. The smallest absolute Gasteiger partial charge is 0.410 e. The van der Waals surface area contributed by atoms with E-state index in [4.69, 9.17) is 9.47 Å². The monoisotopic (exact) mass is 933 g/mol. The van der Waals surface area contributed by atoms with E-state index >= 15 is 0 Å². The maximum absolute atomic E-state index is 13.7. The molecule has 6 aromatic carbocycles. The molecule has 0 spiro atoms. The Labute approximate surface area is 396 Å². The van der Waals surface area contributed by atoms with Crippen LogP contribution >= 0.6 is 0 Å². The third-order valence-electron chi connectivity index (χ3n) is 10.6. The van der Waals surface area contributed by atoms with E-state index in [9.17, 15) is 48.6 Å². The van der Waals surface area contributed by atoms with Crippen LogP contribution in [0.15, 0.2) is 133 Å². The van der Waals surface area contributed by atoms with Gasteiger partial charge in [-0.05, 0) is 95.9 Å². The number of anilines is 3. The molecule has 0 fully saturated rings. The molecular weight excluding hydrogens is 887 g/mol. The Morgan fingerprint density at radius 1 is 0.464 bits per heavy atom. The molecule has 69 heavy (non-hydrogen) atoms. The van der Waals surface area contributed by atoms with Crippen LogP contribution in [0.25, 0.3) is 0 Å². The zero-order chi connectivity index (χ0) is 49.8. The number of amides is 5. The topological polar surface area (TPSA) is 238 Å². The second-order valence-corrected chi connectivity index (χ2v) is 15.8. The van der Waals surface area contributed by atoms with E-state index < -0.39 is 35.8 Å². The predicted octanol–water partition coefficient (Wildman–Crippen LogP) is 8.37. The number of Topliss-reactive ketones (excluding diaryl/α,β-unsaturated/α-hetero) is 1. The molecule has 0 aliphatic carbocycles. The fraction of sp³-hybridized carbons (Fsp3) is 0.154. The molecule has 0 radical (unpaired) electrons. The van der Waals surface area contributed by atoms with Gasteiger partial charge in [0.15, 0.2) is 5.78 Å².